The Kier molecular flexibility index (Phi) is 4.90. The van der Waals surface area contributed by atoms with E-state index < -0.39 is 5.92 Å². The molecule has 1 aromatic carbocycles. The molecule has 7 heteroatoms. The molecule has 1 atom stereocenters. The van der Waals surface area contributed by atoms with E-state index in [1.54, 1.807) is 35.4 Å². The summed E-state index contributed by atoms with van der Waals surface area (Å²) < 4.78 is 0. The molecule has 2 aromatic rings. The van der Waals surface area contributed by atoms with Crippen LogP contribution >= 0.6 is 11.6 Å². The van der Waals surface area contributed by atoms with E-state index in [1.165, 1.54) is 0 Å². The number of anilines is 3. The molecule has 25 heavy (non-hydrogen) atoms. The predicted octanol–water partition coefficient (Wildman–Crippen LogP) is 2.79. The lowest BCUT2D eigenvalue weighted by atomic mass is 10.1. The molecule has 1 saturated heterocycles. The van der Waals surface area contributed by atoms with Gasteiger partial charge in [-0.2, -0.15) is 0 Å². The lowest BCUT2D eigenvalue weighted by Gasteiger charge is -2.17. The van der Waals surface area contributed by atoms with Crippen LogP contribution in [0.2, 0.25) is 5.02 Å². The van der Waals surface area contributed by atoms with Crippen LogP contribution in [0.5, 0.6) is 0 Å². The summed E-state index contributed by atoms with van der Waals surface area (Å²) in [5.74, 6) is 0.141. The summed E-state index contributed by atoms with van der Waals surface area (Å²) in [5, 5.41) is 3.39. The number of pyridine rings is 1. The van der Waals surface area contributed by atoms with Gasteiger partial charge >= 0.3 is 0 Å². The molecule has 1 N–H and O–H groups in total. The zero-order chi connectivity index (χ0) is 18.0. The van der Waals surface area contributed by atoms with Crippen molar-refractivity contribution in [2.24, 2.45) is 5.92 Å². The highest BCUT2D eigenvalue weighted by Gasteiger charge is 2.35. The molecule has 0 radical (unpaired) electrons. The van der Waals surface area contributed by atoms with Gasteiger partial charge in [-0.05, 0) is 30.3 Å². The summed E-state index contributed by atoms with van der Waals surface area (Å²) in [5.41, 5.74) is 1.33. The molecule has 0 saturated carbocycles. The van der Waals surface area contributed by atoms with Crippen molar-refractivity contribution in [2.45, 2.75) is 6.42 Å². The van der Waals surface area contributed by atoms with Crippen molar-refractivity contribution in [3.63, 3.8) is 0 Å². The summed E-state index contributed by atoms with van der Waals surface area (Å²) in [6.45, 7) is 0.341. The second kappa shape index (κ2) is 7.11. The summed E-state index contributed by atoms with van der Waals surface area (Å²) in [6, 6.07) is 10.7. The SMILES string of the molecule is CN(C)c1ccc(NC(=O)C2CC(=O)N(c3cccc(Cl)c3)C2)cn1. The van der Waals surface area contributed by atoms with Crippen molar-refractivity contribution in [2.75, 3.05) is 35.8 Å². The first-order valence-corrected chi connectivity index (χ1v) is 8.32. The number of hydrogen-bond donors (Lipinski definition) is 1. The molecular weight excluding hydrogens is 340 g/mol. The number of carbonyl (C=O) groups excluding carboxylic acids is 2. The van der Waals surface area contributed by atoms with Gasteiger partial charge in [-0.1, -0.05) is 17.7 Å². The van der Waals surface area contributed by atoms with Gasteiger partial charge in [0.25, 0.3) is 0 Å². The molecule has 1 aliphatic rings. The van der Waals surface area contributed by atoms with E-state index in [4.69, 9.17) is 11.6 Å². The van der Waals surface area contributed by atoms with Crippen LogP contribution in [0.3, 0.4) is 0 Å². The van der Waals surface area contributed by atoms with E-state index in [2.05, 4.69) is 10.3 Å². The smallest absolute Gasteiger partial charge is 0.229 e. The first-order chi connectivity index (χ1) is 11.9. The van der Waals surface area contributed by atoms with Crippen LogP contribution in [0, 0.1) is 5.92 Å². The number of rotatable bonds is 4. The molecule has 2 amide bonds. The van der Waals surface area contributed by atoms with Gasteiger partial charge in [0.2, 0.25) is 11.8 Å². The van der Waals surface area contributed by atoms with E-state index in [0.29, 0.717) is 22.9 Å². The van der Waals surface area contributed by atoms with E-state index in [0.717, 1.165) is 5.82 Å². The Balaban J connectivity index is 1.66. The van der Waals surface area contributed by atoms with Crippen molar-refractivity contribution in [1.82, 2.24) is 4.98 Å². The molecule has 1 aliphatic heterocycles. The van der Waals surface area contributed by atoms with Crippen LogP contribution in [-0.4, -0.2) is 37.4 Å². The standard InChI is InChI=1S/C18H19ClN4O2/c1-22(2)16-7-6-14(10-20-16)21-18(25)12-8-17(24)23(11-12)15-5-3-4-13(19)9-15/h3-7,9-10,12H,8,11H2,1-2H3,(H,21,25). The quantitative estimate of drug-likeness (QED) is 0.912. The number of nitrogens with zero attached hydrogens (tertiary/aromatic N) is 3. The minimum atomic E-state index is -0.403. The number of carbonyl (C=O) groups is 2. The van der Waals surface area contributed by atoms with Gasteiger partial charge in [-0.3, -0.25) is 9.59 Å². The number of halogens is 1. The summed E-state index contributed by atoms with van der Waals surface area (Å²) in [7, 11) is 3.80. The maximum Gasteiger partial charge on any atom is 0.229 e. The Bertz CT molecular complexity index is 792. The zero-order valence-electron chi connectivity index (χ0n) is 14.1. The van der Waals surface area contributed by atoms with Crippen molar-refractivity contribution in [3.8, 4) is 0 Å². The second-order valence-electron chi connectivity index (χ2n) is 6.17. The third-order valence-electron chi connectivity index (χ3n) is 4.09. The minimum absolute atomic E-state index is 0.0801. The Labute approximate surface area is 151 Å². The van der Waals surface area contributed by atoms with Crippen LogP contribution in [0.15, 0.2) is 42.6 Å². The Morgan fingerprint density at radius 3 is 2.76 bits per heavy atom. The highest BCUT2D eigenvalue weighted by Crippen LogP contribution is 2.27. The fraction of sp³-hybridized carbons (Fsp3) is 0.278. The van der Waals surface area contributed by atoms with Crippen LogP contribution in [0.1, 0.15) is 6.42 Å². The predicted molar refractivity (Wildman–Crippen MR) is 99.1 cm³/mol. The Morgan fingerprint density at radius 1 is 1.32 bits per heavy atom. The molecule has 0 bridgehead atoms. The van der Waals surface area contributed by atoms with Gasteiger partial charge in [0.1, 0.15) is 5.82 Å². The lowest BCUT2D eigenvalue weighted by Crippen LogP contribution is -2.28. The molecule has 1 aromatic heterocycles. The average molecular weight is 359 g/mol. The Morgan fingerprint density at radius 2 is 2.12 bits per heavy atom. The summed E-state index contributed by atoms with van der Waals surface area (Å²) in [4.78, 5) is 32.5. The molecular formula is C18H19ClN4O2. The van der Waals surface area contributed by atoms with Crippen LogP contribution in [0.4, 0.5) is 17.2 Å². The van der Waals surface area contributed by atoms with Crippen LogP contribution in [0.25, 0.3) is 0 Å². The van der Waals surface area contributed by atoms with Gasteiger partial charge in [-0.25, -0.2) is 4.98 Å². The second-order valence-corrected chi connectivity index (χ2v) is 6.61. The monoisotopic (exact) mass is 358 g/mol. The highest BCUT2D eigenvalue weighted by atomic mass is 35.5. The number of benzene rings is 1. The van der Waals surface area contributed by atoms with E-state index in [-0.39, 0.29) is 18.2 Å². The van der Waals surface area contributed by atoms with Gasteiger partial charge in [0, 0.05) is 37.8 Å². The third kappa shape index (κ3) is 3.91. The summed E-state index contributed by atoms with van der Waals surface area (Å²) in [6.07, 6.45) is 1.79. The average Bonchev–Trinajstić information content (AvgIpc) is 2.97. The van der Waals surface area contributed by atoms with Gasteiger partial charge in [-0.15, -0.1) is 0 Å². The van der Waals surface area contributed by atoms with Gasteiger partial charge < -0.3 is 15.1 Å². The third-order valence-corrected chi connectivity index (χ3v) is 4.32. The van der Waals surface area contributed by atoms with Gasteiger partial charge in [0.15, 0.2) is 0 Å². The van der Waals surface area contributed by atoms with Crippen molar-refractivity contribution < 1.29 is 9.59 Å². The molecule has 2 heterocycles. The number of nitrogens with one attached hydrogen (secondary N) is 1. The molecule has 1 unspecified atom stereocenters. The summed E-state index contributed by atoms with van der Waals surface area (Å²) >= 11 is 5.98. The van der Waals surface area contributed by atoms with E-state index in [1.807, 2.05) is 31.1 Å². The number of amides is 2. The first-order valence-electron chi connectivity index (χ1n) is 7.94. The highest BCUT2D eigenvalue weighted by molar-refractivity contribution is 6.31. The van der Waals surface area contributed by atoms with E-state index >= 15 is 0 Å². The topological polar surface area (TPSA) is 65.5 Å². The van der Waals surface area contributed by atoms with Crippen molar-refractivity contribution in [3.05, 3.63) is 47.6 Å². The molecule has 6 nitrogen and oxygen atoms in total. The molecule has 0 spiro atoms. The fourth-order valence-electron chi connectivity index (χ4n) is 2.75. The molecule has 3 rings (SSSR count). The fourth-order valence-corrected chi connectivity index (χ4v) is 2.93. The van der Waals surface area contributed by atoms with E-state index in [9.17, 15) is 9.59 Å². The molecule has 1 fully saturated rings. The first kappa shape index (κ1) is 17.2. The lowest BCUT2D eigenvalue weighted by molar-refractivity contribution is -0.122. The maximum absolute atomic E-state index is 12.5. The normalized spacial score (nSPS) is 16.8. The largest absolute Gasteiger partial charge is 0.363 e. The number of hydrogen-bond acceptors (Lipinski definition) is 4. The van der Waals surface area contributed by atoms with Crippen molar-refractivity contribution in [1.29, 1.82) is 0 Å². The molecule has 0 aliphatic carbocycles. The maximum atomic E-state index is 12.5. The molecule has 130 valence electrons. The number of aromatic nitrogens is 1. The van der Waals surface area contributed by atoms with Crippen LogP contribution in [-0.2, 0) is 9.59 Å². The van der Waals surface area contributed by atoms with Crippen molar-refractivity contribution >= 4 is 40.6 Å². The van der Waals surface area contributed by atoms with Gasteiger partial charge in [0.05, 0.1) is 17.8 Å². The Hall–Kier alpha value is -2.60. The van der Waals surface area contributed by atoms with Crippen LogP contribution < -0.4 is 15.1 Å². The minimum Gasteiger partial charge on any atom is -0.363 e. The zero-order valence-corrected chi connectivity index (χ0v) is 14.8.